The molecular weight excluding hydrogens is 456 g/mol. The predicted molar refractivity (Wildman–Crippen MR) is 127 cm³/mol. The van der Waals surface area contributed by atoms with Gasteiger partial charge in [0.05, 0.1) is 10.5 Å². The molecular formula is C25H30N2O6S. The third-order valence-corrected chi connectivity index (χ3v) is 8.40. The van der Waals surface area contributed by atoms with Crippen molar-refractivity contribution in [1.82, 2.24) is 9.21 Å². The normalized spacial score (nSPS) is 14.7. The van der Waals surface area contributed by atoms with E-state index in [1.54, 1.807) is 11.0 Å². The summed E-state index contributed by atoms with van der Waals surface area (Å²) in [5, 5.41) is 0. The first-order valence-electron chi connectivity index (χ1n) is 11.1. The second-order valence-electron chi connectivity index (χ2n) is 8.55. The number of carbonyl (C=O) groups is 3. The quantitative estimate of drug-likeness (QED) is 0.460. The van der Waals surface area contributed by atoms with Crippen molar-refractivity contribution in [1.29, 1.82) is 0 Å². The summed E-state index contributed by atoms with van der Waals surface area (Å²) in [6.07, 6.45) is 0. The molecule has 1 heterocycles. The molecule has 0 aliphatic carbocycles. The van der Waals surface area contributed by atoms with Gasteiger partial charge in [-0.2, -0.15) is 4.31 Å². The summed E-state index contributed by atoms with van der Waals surface area (Å²) in [6.45, 7) is 9.74. The lowest BCUT2D eigenvalue weighted by atomic mass is 9.93. The smallest absolute Gasteiger partial charge is 0.338 e. The standard InChI is InChI=1S/C25H30N2O6S/c1-16-13-23(19(4)18(3)17(16)2)24(29)15-33-25(30)21-7-6-8-22(14-21)34(31,32)27-11-9-26(10-12-27)20(5)28/h6-8,13-14H,9-12,15H2,1-5H3. The number of ketones is 1. The zero-order valence-corrected chi connectivity index (χ0v) is 21.0. The maximum absolute atomic E-state index is 13.0. The van der Waals surface area contributed by atoms with Gasteiger partial charge in [-0.15, -0.1) is 0 Å². The Hall–Kier alpha value is -3.04. The molecule has 34 heavy (non-hydrogen) atoms. The van der Waals surface area contributed by atoms with Crippen LogP contribution in [0.1, 0.15) is 49.9 Å². The summed E-state index contributed by atoms with van der Waals surface area (Å²) >= 11 is 0. The number of hydrogen-bond acceptors (Lipinski definition) is 6. The van der Waals surface area contributed by atoms with Crippen LogP contribution in [0.2, 0.25) is 0 Å². The van der Waals surface area contributed by atoms with E-state index >= 15 is 0 Å². The number of sulfonamides is 1. The van der Waals surface area contributed by atoms with Crippen molar-refractivity contribution < 1.29 is 27.5 Å². The Morgan fingerprint density at radius 3 is 2.18 bits per heavy atom. The van der Waals surface area contributed by atoms with Gasteiger partial charge in [0.25, 0.3) is 0 Å². The van der Waals surface area contributed by atoms with Gasteiger partial charge in [-0.05, 0) is 74.2 Å². The highest BCUT2D eigenvalue weighted by Gasteiger charge is 2.30. The average molecular weight is 487 g/mol. The highest BCUT2D eigenvalue weighted by molar-refractivity contribution is 7.89. The molecule has 182 valence electrons. The van der Waals surface area contributed by atoms with Crippen molar-refractivity contribution in [2.24, 2.45) is 0 Å². The van der Waals surface area contributed by atoms with Crippen LogP contribution in [0.3, 0.4) is 0 Å². The number of rotatable bonds is 6. The Morgan fingerprint density at radius 1 is 0.912 bits per heavy atom. The molecule has 2 aromatic carbocycles. The lowest BCUT2D eigenvalue weighted by Gasteiger charge is -2.33. The van der Waals surface area contributed by atoms with Gasteiger partial charge in [0.1, 0.15) is 0 Å². The number of aryl methyl sites for hydroxylation is 1. The summed E-state index contributed by atoms with van der Waals surface area (Å²) < 4.78 is 32.6. The number of benzene rings is 2. The molecule has 1 saturated heterocycles. The van der Waals surface area contributed by atoms with Gasteiger partial charge in [-0.3, -0.25) is 9.59 Å². The van der Waals surface area contributed by atoms with Crippen LogP contribution in [-0.2, 0) is 19.6 Å². The lowest BCUT2D eigenvalue weighted by molar-refractivity contribution is -0.129. The largest absolute Gasteiger partial charge is 0.454 e. The van der Waals surface area contributed by atoms with E-state index in [4.69, 9.17) is 4.74 Å². The summed E-state index contributed by atoms with van der Waals surface area (Å²) in [4.78, 5) is 38.4. The number of piperazine rings is 1. The molecule has 0 saturated carbocycles. The topological polar surface area (TPSA) is 101 Å². The number of nitrogens with zero attached hydrogens (tertiary/aromatic N) is 2. The average Bonchev–Trinajstić information content (AvgIpc) is 2.83. The lowest BCUT2D eigenvalue weighted by Crippen LogP contribution is -2.49. The van der Waals surface area contributed by atoms with E-state index in [9.17, 15) is 22.8 Å². The second-order valence-corrected chi connectivity index (χ2v) is 10.5. The zero-order valence-electron chi connectivity index (χ0n) is 20.2. The van der Waals surface area contributed by atoms with E-state index < -0.39 is 22.6 Å². The van der Waals surface area contributed by atoms with Crippen molar-refractivity contribution in [3.8, 4) is 0 Å². The molecule has 1 aliphatic rings. The fourth-order valence-electron chi connectivity index (χ4n) is 3.97. The van der Waals surface area contributed by atoms with E-state index in [-0.39, 0.29) is 35.2 Å². The van der Waals surface area contributed by atoms with E-state index in [2.05, 4.69) is 0 Å². The summed E-state index contributed by atoms with van der Waals surface area (Å²) in [5.41, 5.74) is 4.53. The molecule has 8 nitrogen and oxygen atoms in total. The van der Waals surface area contributed by atoms with Crippen molar-refractivity contribution in [3.63, 3.8) is 0 Å². The van der Waals surface area contributed by atoms with Crippen LogP contribution in [0.4, 0.5) is 0 Å². The Labute approximate surface area is 200 Å². The Balaban J connectivity index is 1.71. The fourth-order valence-corrected chi connectivity index (χ4v) is 5.44. The van der Waals surface area contributed by atoms with Gasteiger partial charge in [-0.1, -0.05) is 6.07 Å². The van der Waals surface area contributed by atoms with Crippen LogP contribution in [0, 0.1) is 27.7 Å². The summed E-state index contributed by atoms with van der Waals surface area (Å²) in [6, 6.07) is 7.38. The zero-order chi connectivity index (χ0) is 25.2. The third kappa shape index (κ3) is 5.20. The molecule has 1 aliphatic heterocycles. The molecule has 0 atom stereocenters. The number of hydrogen-bond donors (Lipinski definition) is 0. The highest BCUT2D eigenvalue weighted by Crippen LogP contribution is 2.22. The minimum absolute atomic E-state index is 0.0369. The Bertz CT molecular complexity index is 1240. The summed E-state index contributed by atoms with van der Waals surface area (Å²) in [7, 11) is -3.84. The number of Topliss-reactive ketones (excluding diaryl/α,β-unsaturated/α-hetero) is 1. The predicted octanol–water partition coefficient (Wildman–Crippen LogP) is 2.81. The van der Waals surface area contributed by atoms with E-state index in [1.807, 2.05) is 27.7 Å². The number of ether oxygens (including phenoxy) is 1. The van der Waals surface area contributed by atoms with Crippen LogP contribution >= 0.6 is 0 Å². The molecule has 3 rings (SSSR count). The molecule has 1 fully saturated rings. The SMILES string of the molecule is CC(=O)N1CCN(S(=O)(=O)c2cccc(C(=O)OCC(=O)c3cc(C)c(C)c(C)c3C)c2)CC1. The van der Waals surface area contributed by atoms with Gasteiger partial charge >= 0.3 is 5.97 Å². The molecule has 0 N–H and O–H groups in total. The Kier molecular flexibility index (Phi) is 7.57. The molecule has 0 radical (unpaired) electrons. The van der Waals surface area contributed by atoms with Crippen LogP contribution in [-0.4, -0.2) is 68.1 Å². The second kappa shape index (κ2) is 10.1. The van der Waals surface area contributed by atoms with Gasteiger partial charge < -0.3 is 9.64 Å². The van der Waals surface area contributed by atoms with Crippen LogP contribution in [0.5, 0.6) is 0 Å². The first-order chi connectivity index (χ1) is 15.9. The van der Waals surface area contributed by atoms with Crippen molar-refractivity contribution in [2.45, 2.75) is 39.5 Å². The molecule has 1 amide bonds. The number of carbonyl (C=O) groups excluding carboxylic acids is 3. The van der Waals surface area contributed by atoms with Crippen LogP contribution < -0.4 is 0 Å². The molecule has 0 unspecified atom stereocenters. The first kappa shape index (κ1) is 25.6. The van der Waals surface area contributed by atoms with Gasteiger partial charge in [-0.25, -0.2) is 13.2 Å². The molecule has 0 spiro atoms. The number of esters is 1. The maximum atomic E-state index is 13.0. The van der Waals surface area contributed by atoms with E-state index in [1.165, 1.54) is 35.5 Å². The van der Waals surface area contributed by atoms with E-state index in [0.29, 0.717) is 18.7 Å². The summed E-state index contributed by atoms with van der Waals surface area (Å²) in [5.74, 6) is -1.18. The van der Waals surface area contributed by atoms with Gasteiger partial charge in [0.2, 0.25) is 21.7 Å². The maximum Gasteiger partial charge on any atom is 0.338 e. The monoisotopic (exact) mass is 486 g/mol. The van der Waals surface area contributed by atoms with Crippen molar-refractivity contribution >= 4 is 27.7 Å². The van der Waals surface area contributed by atoms with Crippen LogP contribution in [0.15, 0.2) is 35.2 Å². The first-order valence-corrected chi connectivity index (χ1v) is 12.5. The highest BCUT2D eigenvalue weighted by atomic mass is 32.2. The van der Waals surface area contributed by atoms with Gasteiger partial charge in [0.15, 0.2) is 6.61 Å². The van der Waals surface area contributed by atoms with Crippen molar-refractivity contribution in [3.05, 3.63) is 63.7 Å². The Morgan fingerprint density at radius 2 is 1.56 bits per heavy atom. The van der Waals surface area contributed by atoms with E-state index in [0.717, 1.165) is 22.3 Å². The van der Waals surface area contributed by atoms with Gasteiger partial charge in [0, 0.05) is 38.7 Å². The number of amides is 1. The third-order valence-electron chi connectivity index (χ3n) is 6.51. The molecule has 0 aromatic heterocycles. The molecule has 2 aromatic rings. The van der Waals surface area contributed by atoms with Crippen molar-refractivity contribution in [2.75, 3.05) is 32.8 Å². The minimum atomic E-state index is -3.84. The fraction of sp³-hybridized carbons (Fsp3) is 0.400. The molecule has 0 bridgehead atoms. The minimum Gasteiger partial charge on any atom is -0.454 e. The molecule has 9 heteroatoms. The van der Waals surface area contributed by atoms with Crippen LogP contribution in [0.25, 0.3) is 0 Å².